The highest BCUT2D eigenvalue weighted by molar-refractivity contribution is 5.72. The number of esters is 1. The summed E-state index contributed by atoms with van der Waals surface area (Å²) in [4.78, 5) is 11.8. The van der Waals surface area contributed by atoms with Crippen molar-refractivity contribution in [2.24, 2.45) is 5.92 Å². The van der Waals surface area contributed by atoms with Crippen LogP contribution in [0.25, 0.3) is 0 Å². The Morgan fingerprint density at radius 3 is 3.14 bits per heavy atom. The van der Waals surface area contributed by atoms with E-state index in [0.29, 0.717) is 19.3 Å². The van der Waals surface area contributed by atoms with Crippen LogP contribution < -0.4 is 5.32 Å². The molecule has 1 aliphatic rings. The molecule has 1 aromatic rings. The molecule has 0 aliphatic heterocycles. The van der Waals surface area contributed by atoms with E-state index in [1.807, 2.05) is 24.0 Å². The smallest absolute Gasteiger partial charge is 0.308 e. The van der Waals surface area contributed by atoms with Crippen LogP contribution in [0.3, 0.4) is 0 Å². The summed E-state index contributed by atoms with van der Waals surface area (Å²) >= 11 is 0. The average molecular weight is 295 g/mol. The van der Waals surface area contributed by atoms with Crippen molar-refractivity contribution in [2.75, 3.05) is 25.6 Å². The number of nitrogens with one attached hydrogen (secondary N) is 1. The molecule has 6 heteroatoms. The third-order valence-corrected chi connectivity index (χ3v) is 3.82. The number of nitrogens with zero attached hydrogens (tertiary/aromatic N) is 2. The third-order valence-electron chi connectivity index (χ3n) is 3.82. The summed E-state index contributed by atoms with van der Waals surface area (Å²) in [6.07, 6.45) is 7.71. The second-order valence-corrected chi connectivity index (χ2v) is 5.44. The number of aromatic nitrogens is 2. The molecule has 1 aliphatic carbocycles. The van der Waals surface area contributed by atoms with E-state index >= 15 is 0 Å². The number of anilines is 1. The Morgan fingerprint density at radius 2 is 2.38 bits per heavy atom. The SMILES string of the molecule is CCOC(=O)C1CCCC(Nc2cnn(CCOC)c2)C1. The number of ether oxygens (including phenoxy) is 2. The fourth-order valence-electron chi connectivity index (χ4n) is 2.78. The predicted molar refractivity (Wildman–Crippen MR) is 80.1 cm³/mol. The van der Waals surface area contributed by atoms with Crippen LogP contribution in [0.4, 0.5) is 5.69 Å². The van der Waals surface area contributed by atoms with Crippen LogP contribution in [-0.2, 0) is 20.8 Å². The number of carbonyl (C=O) groups is 1. The molecule has 1 fully saturated rings. The van der Waals surface area contributed by atoms with E-state index in [1.165, 1.54) is 0 Å². The Kier molecular flexibility index (Phi) is 6.04. The maximum Gasteiger partial charge on any atom is 0.308 e. The molecule has 118 valence electrons. The van der Waals surface area contributed by atoms with E-state index in [9.17, 15) is 4.79 Å². The number of methoxy groups -OCH3 is 1. The maximum absolute atomic E-state index is 11.8. The van der Waals surface area contributed by atoms with Crippen molar-refractivity contribution in [3.8, 4) is 0 Å². The summed E-state index contributed by atoms with van der Waals surface area (Å²) in [7, 11) is 1.68. The van der Waals surface area contributed by atoms with Crippen molar-refractivity contribution in [1.29, 1.82) is 0 Å². The second kappa shape index (κ2) is 8.02. The molecule has 0 spiro atoms. The molecule has 2 atom stereocenters. The summed E-state index contributed by atoms with van der Waals surface area (Å²) in [5, 5.41) is 7.76. The number of hydrogen-bond donors (Lipinski definition) is 1. The minimum Gasteiger partial charge on any atom is -0.466 e. The first-order chi connectivity index (χ1) is 10.2. The van der Waals surface area contributed by atoms with Crippen molar-refractivity contribution < 1.29 is 14.3 Å². The number of rotatable bonds is 7. The van der Waals surface area contributed by atoms with E-state index in [0.717, 1.165) is 37.9 Å². The van der Waals surface area contributed by atoms with Gasteiger partial charge in [0, 0.05) is 19.3 Å². The van der Waals surface area contributed by atoms with Gasteiger partial charge in [0.25, 0.3) is 0 Å². The molecule has 2 unspecified atom stereocenters. The molecule has 0 aromatic carbocycles. The molecule has 1 saturated carbocycles. The zero-order valence-electron chi connectivity index (χ0n) is 12.9. The van der Waals surface area contributed by atoms with E-state index in [-0.39, 0.29) is 11.9 Å². The first-order valence-electron chi connectivity index (χ1n) is 7.67. The van der Waals surface area contributed by atoms with Crippen LogP contribution in [0.2, 0.25) is 0 Å². The van der Waals surface area contributed by atoms with Gasteiger partial charge >= 0.3 is 5.97 Å². The predicted octanol–water partition coefficient (Wildman–Crippen LogP) is 2.06. The van der Waals surface area contributed by atoms with Crippen molar-refractivity contribution in [1.82, 2.24) is 9.78 Å². The lowest BCUT2D eigenvalue weighted by molar-refractivity contribution is -0.149. The zero-order valence-corrected chi connectivity index (χ0v) is 12.9. The molecular weight excluding hydrogens is 270 g/mol. The first-order valence-corrected chi connectivity index (χ1v) is 7.67. The lowest BCUT2D eigenvalue weighted by Crippen LogP contribution is -2.31. The molecule has 1 N–H and O–H groups in total. The van der Waals surface area contributed by atoms with E-state index in [1.54, 1.807) is 7.11 Å². The van der Waals surface area contributed by atoms with Crippen LogP contribution in [0.5, 0.6) is 0 Å². The van der Waals surface area contributed by atoms with Gasteiger partial charge in [-0.1, -0.05) is 6.42 Å². The molecule has 0 bridgehead atoms. The van der Waals surface area contributed by atoms with Crippen molar-refractivity contribution in [3.05, 3.63) is 12.4 Å². The Bertz CT molecular complexity index is 447. The lowest BCUT2D eigenvalue weighted by Gasteiger charge is -2.28. The molecule has 1 aromatic heterocycles. The summed E-state index contributed by atoms with van der Waals surface area (Å²) in [5.74, 6) is -0.0282. The second-order valence-electron chi connectivity index (χ2n) is 5.44. The fraction of sp³-hybridized carbons (Fsp3) is 0.733. The van der Waals surface area contributed by atoms with Gasteiger partial charge in [0.1, 0.15) is 0 Å². The minimum atomic E-state index is -0.0558. The molecule has 6 nitrogen and oxygen atoms in total. The standard InChI is InChI=1S/C15H25N3O3/c1-3-21-15(19)12-5-4-6-13(9-12)17-14-10-16-18(11-14)7-8-20-2/h10-13,17H,3-9H2,1-2H3. The van der Waals surface area contributed by atoms with Gasteiger partial charge in [-0.05, 0) is 26.2 Å². The van der Waals surface area contributed by atoms with Crippen LogP contribution in [-0.4, -0.2) is 42.1 Å². The van der Waals surface area contributed by atoms with Gasteiger partial charge in [0.05, 0.1) is 37.6 Å². The van der Waals surface area contributed by atoms with Crippen LogP contribution in [0.1, 0.15) is 32.6 Å². The fourth-order valence-corrected chi connectivity index (χ4v) is 2.78. The largest absolute Gasteiger partial charge is 0.466 e. The van der Waals surface area contributed by atoms with Gasteiger partial charge in [-0.3, -0.25) is 9.48 Å². The van der Waals surface area contributed by atoms with Gasteiger partial charge < -0.3 is 14.8 Å². The Morgan fingerprint density at radius 1 is 1.52 bits per heavy atom. The maximum atomic E-state index is 11.8. The minimum absolute atomic E-state index is 0.0275. The number of carbonyl (C=O) groups excluding carboxylic acids is 1. The molecule has 0 radical (unpaired) electrons. The molecular formula is C15H25N3O3. The highest BCUT2D eigenvalue weighted by Crippen LogP contribution is 2.27. The Labute approximate surface area is 125 Å². The molecule has 21 heavy (non-hydrogen) atoms. The van der Waals surface area contributed by atoms with Crippen LogP contribution in [0.15, 0.2) is 12.4 Å². The molecule has 2 rings (SSSR count). The van der Waals surface area contributed by atoms with Crippen LogP contribution in [0, 0.1) is 5.92 Å². The normalized spacial score (nSPS) is 22.0. The molecule has 0 saturated heterocycles. The monoisotopic (exact) mass is 295 g/mol. The van der Waals surface area contributed by atoms with Gasteiger partial charge in [-0.2, -0.15) is 5.10 Å². The van der Waals surface area contributed by atoms with Crippen molar-refractivity contribution in [3.63, 3.8) is 0 Å². The van der Waals surface area contributed by atoms with E-state index in [2.05, 4.69) is 10.4 Å². The van der Waals surface area contributed by atoms with Gasteiger partial charge in [-0.15, -0.1) is 0 Å². The van der Waals surface area contributed by atoms with Crippen molar-refractivity contribution in [2.45, 2.75) is 45.2 Å². The van der Waals surface area contributed by atoms with E-state index in [4.69, 9.17) is 9.47 Å². The average Bonchev–Trinajstić information content (AvgIpc) is 2.93. The molecule has 0 amide bonds. The van der Waals surface area contributed by atoms with Gasteiger partial charge in [-0.25, -0.2) is 0 Å². The summed E-state index contributed by atoms with van der Waals surface area (Å²) in [6, 6.07) is 0.313. The summed E-state index contributed by atoms with van der Waals surface area (Å²) in [5.41, 5.74) is 1.00. The van der Waals surface area contributed by atoms with Gasteiger partial charge in [0.15, 0.2) is 0 Å². The van der Waals surface area contributed by atoms with Crippen molar-refractivity contribution >= 4 is 11.7 Å². The van der Waals surface area contributed by atoms with E-state index < -0.39 is 0 Å². The third kappa shape index (κ3) is 4.74. The quantitative estimate of drug-likeness (QED) is 0.780. The summed E-state index contributed by atoms with van der Waals surface area (Å²) in [6.45, 7) is 3.70. The highest BCUT2D eigenvalue weighted by Gasteiger charge is 2.28. The Hall–Kier alpha value is -1.56. The first kappa shape index (κ1) is 15.8. The highest BCUT2D eigenvalue weighted by atomic mass is 16.5. The molecule has 1 heterocycles. The van der Waals surface area contributed by atoms with Gasteiger partial charge in [0.2, 0.25) is 0 Å². The number of hydrogen-bond acceptors (Lipinski definition) is 5. The summed E-state index contributed by atoms with van der Waals surface area (Å²) < 4.78 is 12.0. The zero-order chi connectivity index (χ0) is 15.1. The van der Waals surface area contributed by atoms with Crippen LogP contribution >= 0.6 is 0 Å². The lowest BCUT2D eigenvalue weighted by atomic mass is 9.85. The topological polar surface area (TPSA) is 65.4 Å². The Balaban J connectivity index is 1.84.